The SMILES string of the molecule is CCC(C)NCCNC(C)(C)C. The van der Waals surface area contributed by atoms with Crippen molar-refractivity contribution in [2.24, 2.45) is 0 Å². The van der Waals surface area contributed by atoms with Crippen LogP contribution in [0.15, 0.2) is 0 Å². The third-order valence-corrected chi connectivity index (χ3v) is 1.89. The molecule has 0 fully saturated rings. The van der Waals surface area contributed by atoms with E-state index in [1.165, 1.54) is 6.42 Å². The number of hydrogen-bond acceptors (Lipinski definition) is 2. The summed E-state index contributed by atoms with van der Waals surface area (Å²) in [5.74, 6) is 0. The van der Waals surface area contributed by atoms with Crippen LogP contribution in [0.25, 0.3) is 0 Å². The summed E-state index contributed by atoms with van der Waals surface area (Å²) in [4.78, 5) is 0. The summed E-state index contributed by atoms with van der Waals surface area (Å²) in [5, 5.41) is 6.88. The Labute approximate surface area is 77.1 Å². The second kappa shape index (κ2) is 5.55. The molecule has 0 saturated heterocycles. The first-order valence-corrected chi connectivity index (χ1v) is 4.94. The summed E-state index contributed by atoms with van der Waals surface area (Å²) < 4.78 is 0. The van der Waals surface area contributed by atoms with Gasteiger partial charge in [-0.25, -0.2) is 0 Å². The summed E-state index contributed by atoms with van der Waals surface area (Å²) >= 11 is 0. The maximum absolute atomic E-state index is 3.44. The van der Waals surface area contributed by atoms with Gasteiger partial charge in [0.15, 0.2) is 0 Å². The average Bonchev–Trinajstić information content (AvgIpc) is 1.96. The third-order valence-electron chi connectivity index (χ3n) is 1.89. The van der Waals surface area contributed by atoms with E-state index in [1.807, 2.05) is 0 Å². The Morgan fingerprint density at radius 1 is 1.17 bits per heavy atom. The molecule has 2 N–H and O–H groups in total. The predicted octanol–water partition coefficient (Wildman–Crippen LogP) is 1.76. The quantitative estimate of drug-likeness (QED) is 0.618. The Hall–Kier alpha value is -0.0800. The Morgan fingerprint density at radius 3 is 2.17 bits per heavy atom. The normalized spacial score (nSPS) is 14.8. The molecule has 1 unspecified atom stereocenters. The van der Waals surface area contributed by atoms with Crippen LogP contribution in [0.2, 0.25) is 0 Å². The van der Waals surface area contributed by atoms with E-state index >= 15 is 0 Å². The summed E-state index contributed by atoms with van der Waals surface area (Å²) in [6.45, 7) is 13.1. The van der Waals surface area contributed by atoms with Gasteiger partial charge in [0.2, 0.25) is 0 Å². The van der Waals surface area contributed by atoms with Crippen LogP contribution in [0, 0.1) is 0 Å². The molecule has 2 nitrogen and oxygen atoms in total. The zero-order chi connectivity index (χ0) is 9.61. The Kier molecular flexibility index (Phi) is 5.51. The molecule has 12 heavy (non-hydrogen) atoms. The highest BCUT2D eigenvalue weighted by atomic mass is 15.0. The molecule has 0 aliphatic heterocycles. The minimum absolute atomic E-state index is 0.247. The molecule has 0 amide bonds. The van der Waals surface area contributed by atoms with Gasteiger partial charge in [-0.15, -0.1) is 0 Å². The highest BCUT2D eigenvalue weighted by Gasteiger charge is 2.07. The van der Waals surface area contributed by atoms with Crippen molar-refractivity contribution in [1.29, 1.82) is 0 Å². The van der Waals surface area contributed by atoms with Gasteiger partial charge in [0, 0.05) is 24.7 Å². The molecule has 0 heterocycles. The molecule has 74 valence electrons. The molecule has 0 aliphatic rings. The summed E-state index contributed by atoms with van der Waals surface area (Å²) in [7, 11) is 0. The molecule has 0 aromatic carbocycles. The molecule has 0 rings (SSSR count). The van der Waals surface area contributed by atoms with Gasteiger partial charge >= 0.3 is 0 Å². The van der Waals surface area contributed by atoms with Crippen molar-refractivity contribution in [3.63, 3.8) is 0 Å². The van der Waals surface area contributed by atoms with Crippen molar-refractivity contribution in [1.82, 2.24) is 10.6 Å². The van der Waals surface area contributed by atoms with Gasteiger partial charge < -0.3 is 10.6 Å². The zero-order valence-electron chi connectivity index (χ0n) is 9.20. The van der Waals surface area contributed by atoms with E-state index < -0.39 is 0 Å². The second-order valence-corrected chi connectivity index (χ2v) is 4.44. The van der Waals surface area contributed by atoms with Crippen LogP contribution in [0.5, 0.6) is 0 Å². The Morgan fingerprint density at radius 2 is 1.75 bits per heavy atom. The summed E-state index contributed by atoms with van der Waals surface area (Å²) in [5.41, 5.74) is 0.247. The van der Waals surface area contributed by atoms with Crippen LogP contribution in [0.1, 0.15) is 41.0 Å². The van der Waals surface area contributed by atoms with Crippen LogP contribution in [0.3, 0.4) is 0 Å². The standard InChI is InChI=1S/C10H24N2/c1-6-9(2)11-7-8-12-10(3,4)5/h9,11-12H,6-8H2,1-5H3. The van der Waals surface area contributed by atoms with Gasteiger partial charge in [0.25, 0.3) is 0 Å². The topological polar surface area (TPSA) is 24.1 Å². The fraction of sp³-hybridized carbons (Fsp3) is 1.00. The van der Waals surface area contributed by atoms with Crippen molar-refractivity contribution in [2.45, 2.75) is 52.6 Å². The monoisotopic (exact) mass is 172 g/mol. The highest BCUT2D eigenvalue weighted by Crippen LogP contribution is 1.96. The van der Waals surface area contributed by atoms with Crippen LogP contribution < -0.4 is 10.6 Å². The minimum atomic E-state index is 0.247. The second-order valence-electron chi connectivity index (χ2n) is 4.44. The predicted molar refractivity (Wildman–Crippen MR) is 55.5 cm³/mol. The lowest BCUT2D eigenvalue weighted by molar-refractivity contribution is 0.411. The highest BCUT2D eigenvalue weighted by molar-refractivity contribution is 4.71. The molecule has 2 heteroatoms. The molecule has 1 atom stereocenters. The molecule has 0 aliphatic carbocycles. The molecule has 0 aromatic heterocycles. The van der Waals surface area contributed by atoms with E-state index in [0.717, 1.165) is 13.1 Å². The van der Waals surface area contributed by atoms with E-state index in [-0.39, 0.29) is 5.54 Å². The number of hydrogen-bond donors (Lipinski definition) is 2. The van der Waals surface area contributed by atoms with Crippen molar-refractivity contribution in [2.75, 3.05) is 13.1 Å². The van der Waals surface area contributed by atoms with Crippen molar-refractivity contribution < 1.29 is 0 Å². The van der Waals surface area contributed by atoms with Gasteiger partial charge in [0.1, 0.15) is 0 Å². The van der Waals surface area contributed by atoms with E-state index in [0.29, 0.717) is 6.04 Å². The van der Waals surface area contributed by atoms with Crippen LogP contribution >= 0.6 is 0 Å². The van der Waals surface area contributed by atoms with Gasteiger partial charge in [-0.1, -0.05) is 6.92 Å². The molecule has 0 radical (unpaired) electrons. The van der Waals surface area contributed by atoms with Crippen LogP contribution in [-0.4, -0.2) is 24.7 Å². The lowest BCUT2D eigenvalue weighted by atomic mass is 10.1. The van der Waals surface area contributed by atoms with Gasteiger partial charge in [-0.2, -0.15) is 0 Å². The third kappa shape index (κ3) is 8.02. The van der Waals surface area contributed by atoms with Gasteiger partial charge in [-0.3, -0.25) is 0 Å². The molecule has 0 saturated carbocycles. The maximum Gasteiger partial charge on any atom is 0.00970 e. The first-order valence-electron chi connectivity index (χ1n) is 4.94. The fourth-order valence-electron chi connectivity index (χ4n) is 0.900. The van der Waals surface area contributed by atoms with Crippen LogP contribution in [0.4, 0.5) is 0 Å². The zero-order valence-corrected chi connectivity index (χ0v) is 9.20. The first-order chi connectivity index (χ1) is 5.45. The minimum Gasteiger partial charge on any atom is -0.313 e. The number of rotatable bonds is 5. The smallest absolute Gasteiger partial charge is 0.00970 e. The summed E-state index contributed by atoms with van der Waals surface area (Å²) in [6.07, 6.45) is 1.20. The molecule has 0 spiro atoms. The lowest BCUT2D eigenvalue weighted by Gasteiger charge is -2.21. The first kappa shape index (κ1) is 11.9. The molecular weight excluding hydrogens is 148 g/mol. The van der Waals surface area contributed by atoms with Crippen molar-refractivity contribution >= 4 is 0 Å². The fourth-order valence-corrected chi connectivity index (χ4v) is 0.900. The molecule has 0 bridgehead atoms. The van der Waals surface area contributed by atoms with E-state index in [9.17, 15) is 0 Å². The Bertz CT molecular complexity index is 105. The van der Waals surface area contributed by atoms with E-state index in [4.69, 9.17) is 0 Å². The van der Waals surface area contributed by atoms with Gasteiger partial charge in [-0.05, 0) is 34.1 Å². The largest absolute Gasteiger partial charge is 0.313 e. The van der Waals surface area contributed by atoms with Crippen molar-refractivity contribution in [3.05, 3.63) is 0 Å². The molecule has 0 aromatic rings. The maximum atomic E-state index is 3.44. The van der Waals surface area contributed by atoms with Crippen molar-refractivity contribution in [3.8, 4) is 0 Å². The van der Waals surface area contributed by atoms with Gasteiger partial charge in [0.05, 0.1) is 0 Å². The summed E-state index contributed by atoms with van der Waals surface area (Å²) in [6, 6.07) is 0.645. The lowest BCUT2D eigenvalue weighted by Crippen LogP contribution is -2.41. The molecular formula is C10H24N2. The van der Waals surface area contributed by atoms with E-state index in [2.05, 4.69) is 45.3 Å². The Balaban J connectivity index is 3.22. The average molecular weight is 172 g/mol. The van der Waals surface area contributed by atoms with E-state index in [1.54, 1.807) is 0 Å². The number of nitrogens with one attached hydrogen (secondary N) is 2. The van der Waals surface area contributed by atoms with Crippen LogP contribution in [-0.2, 0) is 0 Å².